The van der Waals surface area contributed by atoms with E-state index >= 15 is 0 Å². The van der Waals surface area contributed by atoms with Crippen LogP contribution in [0.25, 0.3) is 11.0 Å². The first-order valence-corrected chi connectivity index (χ1v) is 9.05. The summed E-state index contributed by atoms with van der Waals surface area (Å²) < 4.78 is 42.8. The van der Waals surface area contributed by atoms with Crippen molar-refractivity contribution in [3.63, 3.8) is 0 Å². The van der Waals surface area contributed by atoms with Crippen LogP contribution in [-0.2, 0) is 11.3 Å². The van der Waals surface area contributed by atoms with Gasteiger partial charge in [-0.3, -0.25) is 4.79 Å². The van der Waals surface area contributed by atoms with E-state index < -0.39 is 23.8 Å². The number of halogens is 3. The van der Waals surface area contributed by atoms with Crippen molar-refractivity contribution < 1.29 is 18.0 Å². The van der Waals surface area contributed by atoms with E-state index in [1.807, 2.05) is 6.92 Å². The van der Waals surface area contributed by atoms with E-state index in [2.05, 4.69) is 4.98 Å². The van der Waals surface area contributed by atoms with Gasteiger partial charge >= 0.3 is 0 Å². The molecular weight excluding hydrogens is 359 g/mol. The third-order valence-electron chi connectivity index (χ3n) is 4.90. The van der Waals surface area contributed by atoms with Crippen molar-refractivity contribution in [3.05, 3.63) is 23.8 Å². The van der Waals surface area contributed by atoms with Crippen molar-refractivity contribution in [3.8, 4) is 0 Å². The minimum absolute atomic E-state index is 0.0712. The molecule has 0 aliphatic carbocycles. The fourth-order valence-corrected chi connectivity index (χ4v) is 3.36. The Morgan fingerprint density at radius 3 is 2.74 bits per heavy atom. The normalized spacial score (nSPS) is 20.3. The molecule has 1 amide bonds. The van der Waals surface area contributed by atoms with Gasteiger partial charge in [0.15, 0.2) is 11.6 Å². The number of alkyl halides is 1. The summed E-state index contributed by atoms with van der Waals surface area (Å²) in [6.07, 6.45) is -0.0683. The zero-order valence-corrected chi connectivity index (χ0v) is 15.5. The van der Waals surface area contributed by atoms with Gasteiger partial charge in [-0.25, -0.2) is 18.2 Å². The molecule has 1 saturated heterocycles. The van der Waals surface area contributed by atoms with Crippen LogP contribution >= 0.6 is 0 Å². The van der Waals surface area contributed by atoms with E-state index in [0.29, 0.717) is 24.6 Å². The maximum absolute atomic E-state index is 13.8. The molecule has 148 valence electrons. The van der Waals surface area contributed by atoms with E-state index in [4.69, 9.17) is 5.73 Å². The zero-order chi connectivity index (χ0) is 19.7. The van der Waals surface area contributed by atoms with Gasteiger partial charge in [0.1, 0.15) is 12.7 Å². The van der Waals surface area contributed by atoms with E-state index in [9.17, 15) is 18.0 Å². The number of anilines is 1. The Bertz CT molecular complexity index is 840. The highest BCUT2D eigenvalue weighted by molar-refractivity contribution is 5.83. The average Bonchev–Trinajstić information content (AvgIpc) is 2.95. The van der Waals surface area contributed by atoms with Gasteiger partial charge in [-0.1, -0.05) is 6.92 Å². The lowest BCUT2D eigenvalue weighted by Gasteiger charge is -2.34. The van der Waals surface area contributed by atoms with Crippen LogP contribution in [0.4, 0.5) is 19.1 Å². The molecule has 0 saturated carbocycles. The lowest BCUT2D eigenvalue weighted by atomic mass is 10.1. The van der Waals surface area contributed by atoms with Crippen LogP contribution < -0.4 is 10.6 Å². The number of piperidine rings is 1. The van der Waals surface area contributed by atoms with Crippen LogP contribution in [0.3, 0.4) is 0 Å². The number of carbonyl (C=O) groups excluding carboxylic acids is 1. The van der Waals surface area contributed by atoms with Gasteiger partial charge in [0.25, 0.3) is 0 Å². The molecule has 1 aromatic heterocycles. The Morgan fingerprint density at radius 2 is 2.07 bits per heavy atom. The number of nitrogens with zero attached hydrogens (tertiary/aromatic N) is 4. The number of hydrogen-bond donors (Lipinski definition) is 1. The van der Waals surface area contributed by atoms with Gasteiger partial charge in [-0.2, -0.15) is 0 Å². The van der Waals surface area contributed by atoms with Crippen molar-refractivity contribution in [1.82, 2.24) is 14.5 Å². The molecule has 1 aliphatic heterocycles. The summed E-state index contributed by atoms with van der Waals surface area (Å²) in [5, 5.41) is 0. The van der Waals surface area contributed by atoms with Crippen LogP contribution in [0.2, 0.25) is 0 Å². The molecule has 1 aliphatic rings. The quantitative estimate of drug-likeness (QED) is 0.858. The Morgan fingerprint density at radius 1 is 1.37 bits per heavy atom. The monoisotopic (exact) mass is 383 g/mol. The summed E-state index contributed by atoms with van der Waals surface area (Å²) >= 11 is 0. The molecule has 2 N–H and O–H groups in total. The Hall–Kier alpha value is -2.29. The average molecular weight is 383 g/mol. The van der Waals surface area contributed by atoms with Crippen LogP contribution in [0.5, 0.6) is 0 Å². The van der Waals surface area contributed by atoms with E-state index in [0.717, 1.165) is 18.6 Å². The first-order valence-electron chi connectivity index (χ1n) is 9.05. The second-order valence-corrected chi connectivity index (χ2v) is 6.98. The molecule has 27 heavy (non-hydrogen) atoms. The summed E-state index contributed by atoms with van der Waals surface area (Å²) in [5.41, 5.74) is 6.40. The highest BCUT2D eigenvalue weighted by Gasteiger charge is 2.30. The molecule has 2 atom stereocenters. The van der Waals surface area contributed by atoms with Gasteiger partial charge in [0, 0.05) is 38.8 Å². The number of likely N-dealkylation sites (N-methyl/N-ethyl adjacent to an activating group) is 1. The third kappa shape index (κ3) is 3.87. The molecule has 0 radical (unpaired) electrons. The number of rotatable bonds is 5. The van der Waals surface area contributed by atoms with Crippen LogP contribution in [0.1, 0.15) is 19.8 Å². The van der Waals surface area contributed by atoms with Gasteiger partial charge in [-0.05, 0) is 12.8 Å². The Labute approximate surface area is 155 Å². The summed E-state index contributed by atoms with van der Waals surface area (Å²) in [6, 6.07) is 1.36. The van der Waals surface area contributed by atoms with Gasteiger partial charge < -0.3 is 20.1 Å². The van der Waals surface area contributed by atoms with Crippen LogP contribution in [0.15, 0.2) is 12.1 Å². The van der Waals surface area contributed by atoms with Gasteiger partial charge in [-0.15, -0.1) is 0 Å². The van der Waals surface area contributed by atoms with Crippen LogP contribution in [-0.4, -0.2) is 59.3 Å². The molecule has 3 rings (SSSR count). The maximum atomic E-state index is 13.8. The molecule has 0 unspecified atom stereocenters. The minimum Gasteiger partial charge on any atom is -0.344 e. The fraction of sp³-hybridized carbons (Fsp3) is 0.556. The molecular formula is C18H24F3N5O. The van der Waals surface area contributed by atoms with Crippen LogP contribution in [0, 0.1) is 11.6 Å². The number of carbonyl (C=O) groups is 1. The van der Waals surface area contributed by atoms with Crippen molar-refractivity contribution in [1.29, 1.82) is 0 Å². The predicted octanol–water partition coefficient (Wildman–Crippen LogP) is 2.06. The highest BCUT2D eigenvalue weighted by atomic mass is 19.2. The van der Waals surface area contributed by atoms with Crippen molar-refractivity contribution >= 4 is 22.9 Å². The third-order valence-corrected chi connectivity index (χ3v) is 4.90. The van der Waals surface area contributed by atoms with Gasteiger partial charge in [0.2, 0.25) is 11.9 Å². The molecule has 2 heterocycles. The minimum atomic E-state index is -1.11. The smallest absolute Gasteiger partial charge is 0.242 e. The molecule has 6 nitrogen and oxygen atoms in total. The lowest BCUT2D eigenvalue weighted by Crippen LogP contribution is -2.50. The fourth-order valence-electron chi connectivity index (χ4n) is 3.36. The largest absolute Gasteiger partial charge is 0.344 e. The van der Waals surface area contributed by atoms with Gasteiger partial charge in [0.05, 0.1) is 17.1 Å². The summed E-state index contributed by atoms with van der Waals surface area (Å²) in [6.45, 7) is 3.05. The van der Waals surface area contributed by atoms with Crippen molar-refractivity contribution in [2.24, 2.45) is 5.73 Å². The highest BCUT2D eigenvalue weighted by Crippen LogP contribution is 2.27. The SMILES string of the molecule is CCCN(C)C(=O)Cn1c(N2CC[C@@H](F)[C@H](N)C2)nc2cc(F)c(F)cc21. The van der Waals surface area contributed by atoms with Crippen molar-refractivity contribution in [2.75, 3.05) is 31.6 Å². The zero-order valence-electron chi connectivity index (χ0n) is 15.5. The standard InChI is InChI=1S/C18H24F3N5O/c1-3-5-24(2)17(27)10-26-16-8-13(21)12(20)7-15(16)23-18(26)25-6-4-11(19)14(22)9-25/h7-8,11,14H,3-6,9-10,22H2,1-2H3/t11-,14-/m1/s1. The second kappa shape index (κ2) is 7.75. The molecule has 1 aromatic carbocycles. The first-order chi connectivity index (χ1) is 12.8. The Kier molecular flexibility index (Phi) is 5.59. The van der Waals surface area contributed by atoms with Crippen molar-refractivity contribution in [2.45, 2.75) is 38.5 Å². The number of amides is 1. The predicted molar refractivity (Wildman–Crippen MR) is 97.3 cm³/mol. The topological polar surface area (TPSA) is 67.4 Å². The first kappa shape index (κ1) is 19.5. The number of fused-ring (bicyclic) bond motifs is 1. The number of imidazole rings is 1. The van der Waals surface area contributed by atoms with E-state index in [1.54, 1.807) is 21.4 Å². The second-order valence-electron chi connectivity index (χ2n) is 6.98. The molecule has 0 bridgehead atoms. The maximum Gasteiger partial charge on any atom is 0.242 e. The lowest BCUT2D eigenvalue weighted by molar-refractivity contribution is -0.130. The number of hydrogen-bond acceptors (Lipinski definition) is 4. The molecule has 0 spiro atoms. The summed E-state index contributed by atoms with van der Waals surface area (Å²) in [7, 11) is 1.69. The number of aromatic nitrogens is 2. The summed E-state index contributed by atoms with van der Waals surface area (Å²) in [4.78, 5) is 20.3. The van der Waals surface area contributed by atoms with E-state index in [1.165, 1.54) is 0 Å². The molecule has 2 aromatic rings. The summed E-state index contributed by atoms with van der Waals surface area (Å²) in [5.74, 6) is -1.82. The van der Waals surface area contributed by atoms with E-state index in [-0.39, 0.29) is 30.9 Å². The molecule has 9 heteroatoms. The Balaban J connectivity index is 2.02. The number of benzene rings is 1. The number of nitrogens with two attached hydrogens (primary N) is 1. The molecule has 1 fully saturated rings.